The van der Waals surface area contributed by atoms with Crippen molar-refractivity contribution in [1.29, 1.82) is 0 Å². The van der Waals surface area contributed by atoms with Crippen molar-refractivity contribution in [2.24, 2.45) is 5.92 Å². The van der Waals surface area contributed by atoms with Gasteiger partial charge in [-0.05, 0) is 45.0 Å². The molecule has 1 fully saturated rings. The highest BCUT2D eigenvalue weighted by atomic mass is 19.4. The fourth-order valence-electron chi connectivity index (χ4n) is 3.03. The maximum atomic E-state index is 12.8. The minimum atomic E-state index is -4.47. The Balaban J connectivity index is 2.28. The van der Waals surface area contributed by atoms with Crippen LogP contribution in [0.15, 0.2) is 24.3 Å². The van der Waals surface area contributed by atoms with E-state index in [0.717, 1.165) is 43.5 Å². The molecule has 1 heterocycles. The monoisotopic (exact) mass is 343 g/mol. The predicted octanol–water partition coefficient (Wildman–Crippen LogP) is 3.46. The van der Waals surface area contributed by atoms with E-state index in [-0.39, 0.29) is 5.56 Å². The first-order chi connectivity index (χ1) is 11.2. The van der Waals surface area contributed by atoms with E-state index in [1.54, 1.807) is 0 Å². The topological polar surface area (TPSA) is 57.6 Å². The molecule has 1 aliphatic rings. The second-order valence-corrected chi connectivity index (χ2v) is 6.11. The van der Waals surface area contributed by atoms with Gasteiger partial charge in [-0.15, -0.1) is 0 Å². The molecule has 7 heteroatoms. The number of nitrogens with zero attached hydrogens (tertiary/aromatic N) is 1. The van der Waals surface area contributed by atoms with Gasteiger partial charge in [-0.3, -0.25) is 14.5 Å². The van der Waals surface area contributed by atoms with Crippen LogP contribution in [-0.4, -0.2) is 40.9 Å². The summed E-state index contributed by atoms with van der Waals surface area (Å²) in [5.74, 6) is -2.47. The first kappa shape index (κ1) is 18.4. The van der Waals surface area contributed by atoms with Crippen molar-refractivity contribution in [2.75, 3.05) is 13.1 Å². The number of piperidine rings is 1. The van der Waals surface area contributed by atoms with Crippen molar-refractivity contribution in [1.82, 2.24) is 4.90 Å². The van der Waals surface area contributed by atoms with Gasteiger partial charge in [-0.25, -0.2) is 0 Å². The Morgan fingerprint density at radius 3 is 2.08 bits per heavy atom. The lowest BCUT2D eigenvalue weighted by molar-refractivity contribution is -0.143. The molecule has 0 aromatic heterocycles. The van der Waals surface area contributed by atoms with Gasteiger partial charge in [0, 0.05) is 5.56 Å². The second kappa shape index (κ2) is 7.34. The SMILES string of the molecule is CC(C(=O)O)C(C(=O)c1ccc(C(F)(F)F)cc1)N1CCCCC1. The largest absolute Gasteiger partial charge is 0.481 e. The van der Waals surface area contributed by atoms with Crippen LogP contribution in [0, 0.1) is 5.92 Å². The van der Waals surface area contributed by atoms with Crippen molar-refractivity contribution in [2.45, 2.75) is 38.4 Å². The van der Waals surface area contributed by atoms with E-state index in [1.807, 2.05) is 4.90 Å². The van der Waals surface area contributed by atoms with E-state index in [1.165, 1.54) is 6.92 Å². The summed E-state index contributed by atoms with van der Waals surface area (Å²) in [4.78, 5) is 26.0. The van der Waals surface area contributed by atoms with Gasteiger partial charge in [-0.2, -0.15) is 13.2 Å². The molecule has 0 radical (unpaired) electrons. The van der Waals surface area contributed by atoms with E-state index in [4.69, 9.17) is 0 Å². The molecule has 2 rings (SSSR count). The number of carbonyl (C=O) groups excluding carboxylic acids is 1. The van der Waals surface area contributed by atoms with Crippen molar-refractivity contribution < 1.29 is 27.9 Å². The number of ketones is 1. The molecule has 0 bridgehead atoms. The summed E-state index contributed by atoms with van der Waals surface area (Å²) >= 11 is 0. The lowest BCUT2D eigenvalue weighted by Crippen LogP contribution is -2.49. The minimum Gasteiger partial charge on any atom is -0.481 e. The van der Waals surface area contributed by atoms with Crippen LogP contribution < -0.4 is 0 Å². The molecule has 1 aliphatic heterocycles. The van der Waals surface area contributed by atoms with Crippen molar-refractivity contribution in [3.8, 4) is 0 Å². The Morgan fingerprint density at radius 1 is 1.08 bits per heavy atom. The molecule has 24 heavy (non-hydrogen) atoms. The normalized spacial score (nSPS) is 18.8. The Hall–Kier alpha value is -1.89. The van der Waals surface area contributed by atoms with Crippen LogP contribution in [0.2, 0.25) is 0 Å². The fraction of sp³-hybridized carbons (Fsp3) is 0.529. The number of carbonyl (C=O) groups is 2. The number of carboxylic acid groups (broad SMARTS) is 1. The first-order valence-electron chi connectivity index (χ1n) is 7.90. The second-order valence-electron chi connectivity index (χ2n) is 6.11. The highest BCUT2D eigenvalue weighted by molar-refractivity contribution is 6.02. The highest BCUT2D eigenvalue weighted by Crippen LogP contribution is 2.30. The zero-order valence-corrected chi connectivity index (χ0v) is 13.3. The lowest BCUT2D eigenvalue weighted by Gasteiger charge is -2.35. The average molecular weight is 343 g/mol. The van der Waals surface area contributed by atoms with Gasteiger partial charge in [0.05, 0.1) is 17.5 Å². The molecule has 2 atom stereocenters. The highest BCUT2D eigenvalue weighted by Gasteiger charge is 2.36. The maximum Gasteiger partial charge on any atom is 0.416 e. The number of likely N-dealkylation sites (tertiary alicyclic amines) is 1. The number of Topliss-reactive ketones (excluding diaryl/α,β-unsaturated/α-hetero) is 1. The van der Waals surface area contributed by atoms with Crippen molar-refractivity contribution in [3.05, 3.63) is 35.4 Å². The fourth-order valence-corrected chi connectivity index (χ4v) is 3.03. The van der Waals surface area contributed by atoms with Crippen molar-refractivity contribution >= 4 is 11.8 Å². The zero-order valence-electron chi connectivity index (χ0n) is 13.3. The molecule has 0 aliphatic carbocycles. The van der Waals surface area contributed by atoms with Crippen LogP contribution in [0.4, 0.5) is 13.2 Å². The third kappa shape index (κ3) is 4.14. The Kier molecular flexibility index (Phi) is 5.64. The molecule has 4 nitrogen and oxygen atoms in total. The van der Waals surface area contributed by atoms with Crippen LogP contribution in [0.5, 0.6) is 0 Å². The molecule has 0 spiro atoms. The van der Waals surface area contributed by atoms with E-state index in [9.17, 15) is 27.9 Å². The van der Waals surface area contributed by atoms with E-state index >= 15 is 0 Å². The summed E-state index contributed by atoms with van der Waals surface area (Å²) in [6, 6.07) is 3.09. The number of aliphatic carboxylic acids is 1. The number of hydrogen-bond acceptors (Lipinski definition) is 3. The Morgan fingerprint density at radius 2 is 1.62 bits per heavy atom. The molecule has 132 valence electrons. The first-order valence-corrected chi connectivity index (χ1v) is 7.90. The molecule has 0 saturated carbocycles. The molecule has 1 aromatic rings. The standard InChI is InChI=1S/C17H20F3NO3/c1-11(16(23)24)14(21-9-3-2-4-10-21)15(22)12-5-7-13(8-6-12)17(18,19)20/h5-8,11,14H,2-4,9-10H2,1H3,(H,23,24). The summed E-state index contributed by atoms with van der Waals surface area (Å²) in [7, 11) is 0. The summed E-state index contributed by atoms with van der Waals surface area (Å²) in [5.41, 5.74) is -0.730. The van der Waals surface area contributed by atoms with Crippen LogP contribution in [0.25, 0.3) is 0 Å². The zero-order chi connectivity index (χ0) is 17.9. The van der Waals surface area contributed by atoms with Gasteiger partial charge in [0.2, 0.25) is 0 Å². The van der Waals surface area contributed by atoms with Gasteiger partial charge in [-0.1, -0.05) is 18.6 Å². The lowest BCUT2D eigenvalue weighted by atomic mass is 9.90. The smallest absolute Gasteiger partial charge is 0.416 e. The third-order valence-corrected chi connectivity index (χ3v) is 4.41. The van der Waals surface area contributed by atoms with Gasteiger partial charge in [0.25, 0.3) is 0 Å². The quantitative estimate of drug-likeness (QED) is 0.832. The summed E-state index contributed by atoms with van der Waals surface area (Å²) in [6.07, 6.45) is -1.69. The minimum absolute atomic E-state index is 0.103. The maximum absolute atomic E-state index is 12.8. The van der Waals surface area contributed by atoms with E-state index in [2.05, 4.69) is 0 Å². The van der Waals surface area contributed by atoms with Gasteiger partial charge in [0.15, 0.2) is 5.78 Å². The van der Waals surface area contributed by atoms with E-state index < -0.39 is 35.5 Å². The number of benzene rings is 1. The Labute approximate surface area is 138 Å². The van der Waals surface area contributed by atoms with Crippen LogP contribution in [0.1, 0.15) is 42.1 Å². The predicted molar refractivity (Wildman–Crippen MR) is 81.8 cm³/mol. The van der Waals surface area contributed by atoms with Gasteiger partial charge in [0.1, 0.15) is 0 Å². The molecule has 2 unspecified atom stereocenters. The van der Waals surface area contributed by atoms with Gasteiger partial charge >= 0.3 is 12.1 Å². The average Bonchev–Trinajstić information content (AvgIpc) is 2.55. The van der Waals surface area contributed by atoms with Gasteiger partial charge < -0.3 is 5.11 Å². The number of carboxylic acids is 1. The van der Waals surface area contributed by atoms with E-state index in [0.29, 0.717) is 13.1 Å². The summed E-state index contributed by atoms with van der Waals surface area (Å²) in [6.45, 7) is 2.70. The number of rotatable bonds is 5. The molecular weight excluding hydrogens is 323 g/mol. The molecule has 1 aromatic carbocycles. The molecule has 1 N–H and O–H groups in total. The molecule has 0 amide bonds. The summed E-state index contributed by atoms with van der Waals surface area (Å²) < 4.78 is 37.9. The molecule has 1 saturated heterocycles. The number of hydrogen-bond donors (Lipinski definition) is 1. The van der Waals surface area contributed by atoms with Crippen LogP contribution in [-0.2, 0) is 11.0 Å². The molecular formula is C17H20F3NO3. The van der Waals surface area contributed by atoms with Crippen LogP contribution in [0.3, 0.4) is 0 Å². The van der Waals surface area contributed by atoms with Crippen LogP contribution >= 0.6 is 0 Å². The Bertz CT molecular complexity index is 592. The number of halogens is 3. The number of alkyl halides is 3. The third-order valence-electron chi connectivity index (χ3n) is 4.41. The summed E-state index contributed by atoms with van der Waals surface area (Å²) in [5, 5.41) is 9.30. The van der Waals surface area contributed by atoms with Crippen molar-refractivity contribution in [3.63, 3.8) is 0 Å².